The zero-order valence-electron chi connectivity index (χ0n) is 14.1. The molecule has 0 aliphatic rings. The summed E-state index contributed by atoms with van der Waals surface area (Å²) in [5.74, 6) is -0.356. The van der Waals surface area contributed by atoms with Gasteiger partial charge in [0.1, 0.15) is 0 Å². The average molecular weight is 329 g/mol. The smallest absolute Gasteiger partial charge is 0.362 e. The van der Waals surface area contributed by atoms with Crippen LogP contribution >= 0.6 is 0 Å². The number of ether oxygens (including phenoxy) is 1. The third-order valence-corrected chi connectivity index (χ3v) is 3.04. The van der Waals surface area contributed by atoms with Gasteiger partial charge in [-0.05, 0) is 38.1 Å². The van der Waals surface area contributed by atoms with E-state index in [-0.39, 0.29) is 23.9 Å². The number of carbonyl (C=O) groups is 2. The lowest BCUT2D eigenvalue weighted by molar-refractivity contribution is 0.0520. The molecule has 1 heterocycles. The number of benzene rings is 1. The SMILES string of the molecule is CCOC(=O)c1nnn(-c2ccc(C(C)=O)cc2)c1/N=C/N(C)C. The summed E-state index contributed by atoms with van der Waals surface area (Å²) in [4.78, 5) is 29.4. The first-order valence-electron chi connectivity index (χ1n) is 7.38. The van der Waals surface area contributed by atoms with Crippen LogP contribution in [-0.2, 0) is 4.74 Å². The highest BCUT2D eigenvalue weighted by molar-refractivity contribution is 5.94. The quantitative estimate of drug-likeness (QED) is 0.348. The van der Waals surface area contributed by atoms with Crippen molar-refractivity contribution in [2.45, 2.75) is 13.8 Å². The van der Waals surface area contributed by atoms with Gasteiger partial charge in [0.15, 0.2) is 11.6 Å². The number of hydrogen-bond donors (Lipinski definition) is 0. The lowest BCUT2D eigenvalue weighted by Gasteiger charge is -2.06. The van der Waals surface area contributed by atoms with Crippen LogP contribution in [0.5, 0.6) is 0 Å². The maximum Gasteiger partial charge on any atom is 0.362 e. The van der Waals surface area contributed by atoms with Crippen molar-refractivity contribution in [3.05, 3.63) is 35.5 Å². The van der Waals surface area contributed by atoms with Crippen LogP contribution in [-0.4, -0.2) is 58.7 Å². The van der Waals surface area contributed by atoms with Crippen molar-refractivity contribution in [2.24, 2.45) is 4.99 Å². The number of aromatic nitrogens is 3. The van der Waals surface area contributed by atoms with Crippen LogP contribution in [0.1, 0.15) is 34.7 Å². The van der Waals surface area contributed by atoms with Crippen molar-refractivity contribution >= 4 is 23.9 Å². The van der Waals surface area contributed by atoms with Gasteiger partial charge in [-0.3, -0.25) is 4.79 Å². The summed E-state index contributed by atoms with van der Waals surface area (Å²) >= 11 is 0. The Hall–Kier alpha value is -3.03. The number of hydrogen-bond acceptors (Lipinski definition) is 6. The van der Waals surface area contributed by atoms with Gasteiger partial charge in [-0.2, -0.15) is 4.68 Å². The maximum atomic E-state index is 12.0. The maximum absolute atomic E-state index is 12.0. The van der Waals surface area contributed by atoms with Crippen molar-refractivity contribution in [3.63, 3.8) is 0 Å². The van der Waals surface area contributed by atoms with Crippen molar-refractivity contribution < 1.29 is 14.3 Å². The molecule has 0 atom stereocenters. The normalized spacial score (nSPS) is 10.8. The molecule has 2 aromatic rings. The average Bonchev–Trinajstić information content (AvgIpc) is 2.97. The number of nitrogens with zero attached hydrogens (tertiary/aromatic N) is 5. The molecule has 0 bridgehead atoms. The molecule has 0 spiro atoms. The van der Waals surface area contributed by atoms with Gasteiger partial charge in [-0.1, -0.05) is 5.21 Å². The third-order valence-electron chi connectivity index (χ3n) is 3.04. The fourth-order valence-electron chi connectivity index (χ4n) is 1.91. The Morgan fingerprint density at radius 1 is 1.29 bits per heavy atom. The van der Waals surface area contributed by atoms with E-state index in [1.165, 1.54) is 11.6 Å². The molecule has 0 aliphatic carbocycles. The fourth-order valence-corrected chi connectivity index (χ4v) is 1.91. The van der Waals surface area contributed by atoms with Gasteiger partial charge in [0.05, 0.1) is 18.6 Å². The van der Waals surface area contributed by atoms with Crippen molar-refractivity contribution in [1.29, 1.82) is 0 Å². The predicted molar refractivity (Wildman–Crippen MR) is 89.2 cm³/mol. The van der Waals surface area contributed by atoms with Gasteiger partial charge in [0.25, 0.3) is 0 Å². The van der Waals surface area contributed by atoms with Crippen LogP contribution < -0.4 is 0 Å². The molecular weight excluding hydrogens is 310 g/mol. The third kappa shape index (κ3) is 3.83. The molecule has 0 amide bonds. The molecular formula is C16H19N5O3. The lowest BCUT2D eigenvalue weighted by Crippen LogP contribution is -2.09. The first kappa shape index (κ1) is 17.3. The summed E-state index contributed by atoms with van der Waals surface area (Å²) in [7, 11) is 3.62. The van der Waals surface area contributed by atoms with Crippen molar-refractivity contribution in [1.82, 2.24) is 19.9 Å². The Bertz CT molecular complexity index is 763. The molecule has 2 rings (SSSR count). The number of ketones is 1. The standard InChI is InChI=1S/C16H19N5O3/c1-5-24-16(23)14-15(17-10-20(3)4)21(19-18-14)13-8-6-12(7-9-13)11(2)22/h6-10H,5H2,1-4H3/b17-10+. The van der Waals surface area contributed by atoms with Gasteiger partial charge in [0.2, 0.25) is 5.69 Å². The Labute approximate surface area is 139 Å². The Morgan fingerprint density at radius 2 is 1.96 bits per heavy atom. The fraction of sp³-hybridized carbons (Fsp3) is 0.312. The minimum absolute atomic E-state index is 0.0294. The Morgan fingerprint density at radius 3 is 2.50 bits per heavy atom. The summed E-state index contributed by atoms with van der Waals surface area (Å²) in [6, 6.07) is 6.80. The zero-order valence-corrected chi connectivity index (χ0v) is 14.1. The molecule has 1 aromatic heterocycles. The van der Waals surface area contributed by atoms with Gasteiger partial charge in [-0.25, -0.2) is 9.79 Å². The van der Waals surface area contributed by atoms with Gasteiger partial charge >= 0.3 is 5.97 Å². The summed E-state index contributed by atoms with van der Waals surface area (Å²) in [6.07, 6.45) is 1.54. The number of aliphatic imine (C=N–C) groups is 1. The second-order valence-corrected chi connectivity index (χ2v) is 5.21. The minimum Gasteiger partial charge on any atom is -0.461 e. The number of rotatable bonds is 6. The van der Waals surface area contributed by atoms with Crippen LogP contribution in [0.2, 0.25) is 0 Å². The van der Waals surface area contributed by atoms with Crippen LogP contribution in [0.15, 0.2) is 29.3 Å². The molecule has 0 saturated carbocycles. The highest BCUT2D eigenvalue weighted by Crippen LogP contribution is 2.22. The zero-order chi connectivity index (χ0) is 17.7. The van der Waals surface area contributed by atoms with Crippen molar-refractivity contribution in [3.8, 4) is 5.69 Å². The lowest BCUT2D eigenvalue weighted by atomic mass is 10.1. The van der Waals surface area contributed by atoms with Gasteiger partial charge in [0, 0.05) is 19.7 Å². The predicted octanol–water partition coefficient (Wildman–Crippen LogP) is 1.87. The summed E-state index contributed by atoms with van der Waals surface area (Å²) in [5.41, 5.74) is 1.25. The Balaban J connectivity index is 2.48. The van der Waals surface area contributed by atoms with Crippen LogP contribution in [0.3, 0.4) is 0 Å². The molecule has 8 nitrogen and oxygen atoms in total. The highest BCUT2D eigenvalue weighted by atomic mass is 16.5. The molecule has 126 valence electrons. The molecule has 0 unspecified atom stereocenters. The van der Waals surface area contributed by atoms with Gasteiger partial charge < -0.3 is 9.64 Å². The monoisotopic (exact) mass is 329 g/mol. The van der Waals surface area contributed by atoms with E-state index < -0.39 is 5.97 Å². The van der Waals surface area contributed by atoms with E-state index in [2.05, 4.69) is 15.3 Å². The van der Waals surface area contributed by atoms with Crippen molar-refractivity contribution in [2.75, 3.05) is 20.7 Å². The van der Waals surface area contributed by atoms with Crippen LogP contribution in [0.4, 0.5) is 5.82 Å². The highest BCUT2D eigenvalue weighted by Gasteiger charge is 2.21. The molecule has 24 heavy (non-hydrogen) atoms. The molecule has 0 N–H and O–H groups in total. The van der Waals surface area contributed by atoms with Crippen LogP contribution in [0, 0.1) is 0 Å². The van der Waals surface area contributed by atoms with E-state index in [1.54, 1.807) is 42.4 Å². The van der Waals surface area contributed by atoms with E-state index in [0.29, 0.717) is 11.3 Å². The number of esters is 1. The van der Waals surface area contributed by atoms with E-state index in [0.717, 1.165) is 0 Å². The first-order chi connectivity index (χ1) is 11.4. The number of Topliss-reactive ketones (excluding diaryl/α,β-unsaturated/α-hetero) is 1. The largest absolute Gasteiger partial charge is 0.461 e. The van der Waals surface area contributed by atoms with E-state index in [4.69, 9.17) is 4.74 Å². The number of carbonyl (C=O) groups excluding carboxylic acids is 2. The van der Waals surface area contributed by atoms with E-state index >= 15 is 0 Å². The molecule has 0 radical (unpaired) electrons. The minimum atomic E-state index is -0.588. The molecule has 1 aromatic carbocycles. The van der Waals surface area contributed by atoms with Gasteiger partial charge in [-0.15, -0.1) is 5.10 Å². The molecule has 8 heteroatoms. The molecule has 0 aliphatic heterocycles. The summed E-state index contributed by atoms with van der Waals surface area (Å²) in [6.45, 7) is 3.44. The first-order valence-corrected chi connectivity index (χ1v) is 7.38. The van der Waals surface area contributed by atoms with E-state index in [1.807, 2.05) is 14.1 Å². The molecule has 0 saturated heterocycles. The summed E-state index contributed by atoms with van der Waals surface area (Å²) < 4.78 is 6.42. The Kier molecular flexibility index (Phi) is 5.41. The van der Waals surface area contributed by atoms with Crippen LogP contribution in [0.25, 0.3) is 5.69 Å². The van der Waals surface area contributed by atoms with E-state index in [9.17, 15) is 9.59 Å². The molecule has 0 fully saturated rings. The summed E-state index contributed by atoms with van der Waals surface area (Å²) in [5, 5.41) is 7.88. The second kappa shape index (κ2) is 7.49. The second-order valence-electron chi connectivity index (χ2n) is 5.21. The topological polar surface area (TPSA) is 89.7 Å².